The molecule has 4 aliphatic rings. The maximum absolute atomic E-state index is 13.0. The summed E-state index contributed by atoms with van der Waals surface area (Å²) in [6, 6.07) is 1.14. The van der Waals surface area contributed by atoms with Crippen LogP contribution >= 0.6 is 12.4 Å². The van der Waals surface area contributed by atoms with Crippen molar-refractivity contribution in [2.75, 3.05) is 72.0 Å². The average molecular weight is 564 g/mol. The molecule has 1 N–H and O–H groups in total. The predicted molar refractivity (Wildman–Crippen MR) is 137 cm³/mol. The Hall–Kier alpha value is -1.77. The minimum absolute atomic E-state index is 0. The molecule has 3 atom stereocenters. The van der Waals surface area contributed by atoms with E-state index in [2.05, 4.69) is 15.4 Å². The first-order valence-electron chi connectivity index (χ1n) is 12.7. The lowest BCUT2D eigenvalue weighted by molar-refractivity contribution is -0.128. The van der Waals surface area contributed by atoms with Crippen molar-refractivity contribution in [3.05, 3.63) is 17.5 Å². The molecule has 12 nitrogen and oxygen atoms in total. The van der Waals surface area contributed by atoms with Crippen molar-refractivity contribution in [3.8, 4) is 0 Å². The number of sulfonamides is 1. The van der Waals surface area contributed by atoms with Crippen LogP contribution in [0.1, 0.15) is 36.0 Å². The number of carbonyl (C=O) groups is 2. The molecule has 14 heteroatoms. The highest BCUT2D eigenvalue weighted by atomic mass is 35.5. The summed E-state index contributed by atoms with van der Waals surface area (Å²) in [5.41, 5.74) is 0.211. The second-order valence-corrected chi connectivity index (χ2v) is 11.5. The molecule has 210 valence electrons. The Morgan fingerprint density at radius 2 is 1.81 bits per heavy atom. The Bertz CT molecular complexity index is 1000. The van der Waals surface area contributed by atoms with E-state index in [1.165, 1.54) is 0 Å². The monoisotopic (exact) mass is 563 g/mol. The standard InChI is InChI=1S/C19H28N4O6S.C4H9NO.ClH/c1-3-4-14-15-11-22(12-17(15)23(18(14)24)30(2,26)27)19(25)16-9-13(29-20-16)10-21-5-7-28-8-6-21;1-3-6-4-2-5-1;/h9,14-15,17H,3-8,10-12H2,1-2H3;5H,1-4H2;1H/t14-,15-,17+;;/m1../s1. The Morgan fingerprint density at radius 3 is 2.38 bits per heavy atom. The van der Waals surface area contributed by atoms with Gasteiger partial charge in [-0.05, 0) is 6.42 Å². The molecule has 0 saturated carbocycles. The Balaban J connectivity index is 0.000000479. The second kappa shape index (κ2) is 13.3. The van der Waals surface area contributed by atoms with Crippen LogP contribution in [0.25, 0.3) is 0 Å². The molecule has 4 aliphatic heterocycles. The molecule has 5 rings (SSSR count). The summed E-state index contributed by atoms with van der Waals surface area (Å²) >= 11 is 0. The van der Waals surface area contributed by atoms with Crippen LogP contribution in [0, 0.1) is 11.8 Å². The van der Waals surface area contributed by atoms with Crippen LogP contribution < -0.4 is 5.32 Å². The van der Waals surface area contributed by atoms with E-state index < -0.39 is 16.1 Å². The number of hydrogen-bond acceptors (Lipinski definition) is 10. The number of nitrogens with zero attached hydrogens (tertiary/aromatic N) is 4. The van der Waals surface area contributed by atoms with Gasteiger partial charge in [-0.15, -0.1) is 12.4 Å². The number of ether oxygens (including phenoxy) is 2. The van der Waals surface area contributed by atoms with Crippen LogP contribution in [0.15, 0.2) is 10.6 Å². The molecule has 37 heavy (non-hydrogen) atoms. The van der Waals surface area contributed by atoms with Gasteiger partial charge in [0.1, 0.15) is 0 Å². The third-order valence-corrected chi connectivity index (χ3v) is 8.20. The first-order chi connectivity index (χ1) is 17.3. The third kappa shape index (κ3) is 7.21. The van der Waals surface area contributed by atoms with Crippen LogP contribution in [0.5, 0.6) is 0 Å². The average Bonchev–Trinajstić information content (AvgIpc) is 3.56. The zero-order valence-corrected chi connectivity index (χ0v) is 23.1. The molecule has 5 heterocycles. The van der Waals surface area contributed by atoms with Crippen molar-refractivity contribution in [2.45, 2.75) is 32.4 Å². The van der Waals surface area contributed by atoms with E-state index >= 15 is 0 Å². The highest BCUT2D eigenvalue weighted by molar-refractivity contribution is 7.88. The molecule has 0 bridgehead atoms. The van der Waals surface area contributed by atoms with Gasteiger partial charge in [-0.1, -0.05) is 18.5 Å². The number of nitrogens with one attached hydrogen (secondary N) is 1. The van der Waals surface area contributed by atoms with Gasteiger partial charge >= 0.3 is 0 Å². The molecular weight excluding hydrogens is 526 g/mol. The molecule has 1 aromatic rings. The van der Waals surface area contributed by atoms with Gasteiger partial charge in [-0.2, -0.15) is 0 Å². The van der Waals surface area contributed by atoms with Gasteiger partial charge in [-0.3, -0.25) is 14.5 Å². The zero-order chi connectivity index (χ0) is 25.7. The number of amides is 2. The van der Waals surface area contributed by atoms with Gasteiger partial charge in [0, 0.05) is 57.2 Å². The molecule has 1 aromatic heterocycles. The largest absolute Gasteiger partial charge is 0.379 e. The number of aromatic nitrogens is 1. The number of fused-ring (bicyclic) bond motifs is 1. The Labute approximate surface area is 224 Å². The van der Waals surface area contributed by atoms with Gasteiger partial charge in [0.25, 0.3) is 5.91 Å². The highest BCUT2D eigenvalue weighted by Crippen LogP contribution is 2.40. The molecule has 0 aromatic carbocycles. The fourth-order valence-electron chi connectivity index (χ4n) is 5.33. The smallest absolute Gasteiger partial charge is 0.276 e. The summed E-state index contributed by atoms with van der Waals surface area (Å²) in [6.07, 6.45) is 2.44. The number of morpholine rings is 2. The maximum Gasteiger partial charge on any atom is 0.276 e. The summed E-state index contributed by atoms with van der Waals surface area (Å²) in [5, 5.41) is 7.10. The van der Waals surface area contributed by atoms with Gasteiger partial charge in [0.15, 0.2) is 11.5 Å². The molecular formula is C23H38ClN5O7S. The lowest BCUT2D eigenvalue weighted by Gasteiger charge is -2.25. The van der Waals surface area contributed by atoms with E-state index in [-0.39, 0.29) is 48.3 Å². The second-order valence-electron chi connectivity index (χ2n) is 9.66. The van der Waals surface area contributed by atoms with Gasteiger partial charge < -0.3 is 24.2 Å². The van der Waals surface area contributed by atoms with Crippen molar-refractivity contribution in [1.82, 2.24) is 24.6 Å². The van der Waals surface area contributed by atoms with Crippen molar-refractivity contribution in [3.63, 3.8) is 0 Å². The fraction of sp³-hybridized carbons (Fsp3) is 0.783. The zero-order valence-electron chi connectivity index (χ0n) is 21.5. The minimum atomic E-state index is -3.69. The lowest BCUT2D eigenvalue weighted by atomic mass is 9.89. The van der Waals surface area contributed by atoms with Gasteiger partial charge in [-0.25, -0.2) is 12.7 Å². The molecule has 4 saturated heterocycles. The van der Waals surface area contributed by atoms with E-state index in [4.69, 9.17) is 14.0 Å². The summed E-state index contributed by atoms with van der Waals surface area (Å²) in [4.78, 5) is 29.5. The van der Waals surface area contributed by atoms with E-state index in [1.54, 1.807) is 11.0 Å². The molecule has 0 aliphatic carbocycles. The number of likely N-dealkylation sites (tertiary alicyclic amines) is 1. The number of halogens is 1. The van der Waals surface area contributed by atoms with Crippen LogP contribution in [0.2, 0.25) is 0 Å². The molecule has 0 unspecified atom stereocenters. The van der Waals surface area contributed by atoms with Crippen LogP contribution in [0.3, 0.4) is 0 Å². The lowest BCUT2D eigenvalue weighted by Crippen LogP contribution is -2.43. The van der Waals surface area contributed by atoms with Gasteiger partial charge in [0.05, 0.1) is 45.3 Å². The Morgan fingerprint density at radius 1 is 1.14 bits per heavy atom. The van der Waals surface area contributed by atoms with Crippen LogP contribution in [0.4, 0.5) is 0 Å². The van der Waals surface area contributed by atoms with Crippen molar-refractivity contribution in [2.24, 2.45) is 11.8 Å². The summed E-state index contributed by atoms with van der Waals surface area (Å²) in [7, 11) is -3.69. The SMILES string of the molecule is C1COCCN1.CCC[C@H]1C(=O)N(S(C)(=O)=O)[C@H]2CN(C(=O)c3cc(CN4CCOCC4)on3)C[C@H]12.Cl. The maximum atomic E-state index is 13.0. The van der Waals surface area contributed by atoms with Crippen molar-refractivity contribution < 1.29 is 32.0 Å². The minimum Gasteiger partial charge on any atom is -0.379 e. The number of carbonyl (C=O) groups excluding carboxylic acids is 2. The quantitative estimate of drug-likeness (QED) is 0.511. The van der Waals surface area contributed by atoms with E-state index in [1.807, 2.05) is 6.92 Å². The molecule has 4 fully saturated rings. The van der Waals surface area contributed by atoms with Gasteiger partial charge in [0.2, 0.25) is 15.9 Å². The fourth-order valence-corrected chi connectivity index (χ4v) is 6.51. The summed E-state index contributed by atoms with van der Waals surface area (Å²) in [5.74, 6) is -0.581. The highest BCUT2D eigenvalue weighted by Gasteiger charge is 2.55. The predicted octanol–water partition coefficient (Wildman–Crippen LogP) is 0.194. The van der Waals surface area contributed by atoms with Crippen LogP contribution in [-0.2, 0) is 30.8 Å². The summed E-state index contributed by atoms with van der Waals surface area (Å²) < 4.78 is 41.2. The van der Waals surface area contributed by atoms with Crippen molar-refractivity contribution >= 4 is 34.2 Å². The number of hydrogen-bond donors (Lipinski definition) is 1. The normalized spacial score (nSPS) is 26.3. The van der Waals surface area contributed by atoms with E-state index in [0.717, 1.165) is 56.4 Å². The number of rotatable bonds is 6. The molecule has 0 spiro atoms. The van der Waals surface area contributed by atoms with E-state index in [0.29, 0.717) is 38.5 Å². The molecule has 2 amide bonds. The van der Waals surface area contributed by atoms with Crippen LogP contribution in [-0.4, -0.2) is 117 Å². The summed E-state index contributed by atoms with van der Waals surface area (Å²) in [6.45, 7) is 9.83. The van der Waals surface area contributed by atoms with Crippen molar-refractivity contribution in [1.29, 1.82) is 0 Å². The topological polar surface area (TPSA) is 135 Å². The van der Waals surface area contributed by atoms with E-state index in [9.17, 15) is 18.0 Å². The third-order valence-electron chi connectivity index (χ3n) is 7.04. The Kier molecular flexibility index (Phi) is 10.7. The first-order valence-corrected chi connectivity index (χ1v) is 14.5. The molecule has 0 radical (unpaired) electrons. The first kappa shape index (κ1) is 29.8.